The van der Waals surface area contributed by atoms with Crippen molar-refractivity contribution in [2.45, 2.75) is 12.3 Å². The summed E-state index contributed by atoms with van der Waals surface area (Å²) in [5.41, 5.74) is 2.70. The molecule has 0 spiro atoms. The summed E-state index contributed by atoms with van der Waals surface area (Å²) in [6, 6.07) is 10.4. The number of benzene rings is 1. The first-order chi connectivity index (χ1) is 9.85. The van der Waals surface area contributed by atoms with Gasteiger partial charge in [0.1, 0.15) is 0 Å². The Morgan fingerprint density at radius 2 is 1.80 bits per heavy atom. The minimum absolute atomic E-state index is 0.107. The summed E-state index contributed by atoms with van der Waals surface area (Å²) in [5.74, 6) is 0.864. The first-order valence-corrected chi connectivity index (χ1v) is 7.53. The molecule has 2 aliphatic rings. The third-order valence-corrected chi connectivity index (χ3v) is 4.96. The van der Waals surface area contributed by atoms with Gasteiger partial charge in [-0.15, -0.1) is 0 Å². The molecule has 0 amide bonds. The second-order valence-corrected chi connectivity index (χ2v) is 5.93. The maximum Gasteiger partial charge on any atom is 0.0471 e. The van der Waals surface area contributed by atoms with Gasteiger partial charge in [-0.1, -0.05) is 42.0 Å². The highest BCUT2D eigenvalue weighted by Crippen LogP contribution is 2.44. The first kappa shape index (κ1) is 13.8. The van der Waals surface area contributed by atoms with Gasteiger partial charge in [-0.05, 0) is 36.3 Å². The molecule has 0 aromatic heterocycles. The van der Waals surface area contributed by atoms with E-state index in [-0.39, 0.29) is 31.0 Å². The molecule has 3 N–H and O–H groups in total. The molecule has 108 valence electrons. The lowest BCUT2D eigenvalue weighted by Crippen LogP contribution is -2.45. The van der Waals surface area contributed by atoms with Gasteiger partial charge in [-0.25, -0.2) is 0 Å². The summed E-state index contributed by atoms with van der Waals surface area (Å²) in [4.78, 5) is 0. The summed E-state index contributed by atoms with van der Waals surface area (Å²) in [7, 11) is 0. The molecule has 1 heterocycles. The van der Waals surface area contributed by atoms with Gasteiger partial charge in [0.15, 0.2) is 0 Å². The molecule has 0 saturated carbocycles. The first-order valence-electron chi connectivity index (χ1n) is 7.53. The lowest BCUT2D eigenvalue weighted by atomic mass is 9.64. The van der Waals surface area contributed by atoms with Gasteiger partial charge in [0.25, 0.3) is 0 Å². The number of hydrogen-bond donors (Lipinski definition) is 3. The maximum atomic E-state index is 9.85. The van der Waals surface area contributed by atoms with E-state index in [2.05, 4.69) is 23.5 Å². The molecule has 0 radical (unpaired) electrons. The fourth-order valence-electron chi connectivity index (χ4n) is 3.89. The zero-order chi connectivity index (χ0) is 13.9. The van der Waals surface area contributed by atoms with E-state index in [9.17, 15) is 10.2 Å². The number of aliphatic hydroxyl groups excluding tert-OH is 2. The second kappa shape index (κ2) is 6.08. The van der Waals surface area contributed by atoms with E-state index in [1.165, 1.54) is 11.1 Å². The minimum atomic E-state index is 0.107. The van der Waals surface area contributed by atoms with E-state index in [1.807, 2.05) is 18.2 Å². The van der Waals surface area contributed by atoms with Crippen molar-refractivity contribution in [2.24, 2.45) is 17.8 Å². The average molecular weight is 273 g/mol. The Bertz CT molecular complexity index is 471. The molecule has 3 nitrogen and oxygen atoms in total. The zero-order valence-corrected chi connectivity index (χ0v) is 11.7. The van der Waals surface area contributed by atoms with E-state index in [0.29, 0.717) is 5.92 Å². The number of piperidine rings is 1. The SMILES string of the molecule is OCC1C2CNCCC2=CC(c2ccccc2)C1CO. The Morgan fingerprint density at radius 1 is 1.05 bits per heavy atom. The van der Waals surface area contributed by atoms with Crippen LogP contribution in [0, 0.1) is 17.8 Å². The number of aliphatic hydroxyl groups is 2. The molecule has 0 bridgehead atoms. The van der Waals surface area contributed by atoms with Crippen LogP contribution < -0.4 is 5.32 Å². The van der Waals surface area contributed by atoms with E-state index < -0.39 is 0 Å². The number of fused-ring (bicyclic) bond motifs is 1. The molecule has 20 heavy (non-hydrogen) atoms. The van der Waals surface area contributed by atoms with Gasteiger partial charge in [0, 0.05) is 25.7 Å². The summed E-state index contributed by atoms with van der Waals surface area (Å²) >= 11 is 0. The standard InChI is InChI=1S/C17H23NO2/c19-10-16-14(12-4-2-1-3-5-12)8-13-6-7-18-9-15(13)17(16)11-20/h1-5,8,14-20H,6-7,9-11H2. The summed E-state index contributed by atoms with van der Waals surface area (Å²) < 4.78 is 0. The van der Waals surface area contributed by atoms with Crippen molar-refractivity contribution < 1.29 is 10.2 Å². The Labute approximate surface area is 120 Å². The molecule has 1 saturated heterocycles. The van der Waals surface area contributed by atoms with Crippen LogP contribution >= 0.6 is 0 Å². The highest BCUT2D eigenvalue weighted by molar-refractivity contribution is 5.31. The Kier molecular flexibility index (Phi) is 4.20. The van der Waals surface area contributed by atoms with Crippen LogP contribution in [0.2, 0.25) is 0 Å². The van der Waals surface area contributed by atoms with Gasteiger partial charge in [0.2, 0.25) is 0 Å². The van der Waals surface area contributed by atoms with Crippen molar-refractivity contribution >= 4 is 0 Å². The fraction of sp³-hybridized carbons (Fsp3) is 0.529. The third-order valence-electron chi connectivity index (χ3n) is 4.96. The zero-order valence-electron chi connectivity index (χ0n) is 11.7. The van der Waals surface area contributed by atoms with Crippen molar-refractivity contribution in [3.63, 3.8) is 0 Å². The van der Waals surface area contributed by atoms with Gasteiger partial charge < -0.3 is 15.5 Å². The number of rotatable bonds is 3. The summed E-state index contributed by atoms with van der Waals surface area (Å²) in [6.07, 6.45) is 3.41. The summed E-state index contributed by atoms with van der Waals surface area (Å²) in [6.45, 7) is 2.23. The summed E-state index contributed by atoms with van der Waals surface area (Å²) in [5, 5.41) is 23.1. The number of hydrogen-bond acceptors (Lipinski definition) is 3. The molecule has 1 aromatic carbocycles. The largest absolute Gasteiger partial charge is 0.396 e. The lowest BCUT2D eigenvalue weighted by Gasteiger charge is -2.43. The monoisotopic (exact) mass is 273 g/mol. The molecule has 1 aromatic rings. The molecule has 4 atom stereocenters. The van der Waals surface area contributed by atoms with Gasteiger partial charge in [0.05, 0.1) is 0 Å². The van der Waals surface area contributed by atoms with E-state index in [0.717, 1.165) is 19.5 Å². The van der Waals surface area contributed by atoms with Gasteiger partial charge in [-0.3, -0.25) is 0 Å². The van der Waals surface area contributed by atoms with Crippen LogP contribution in [0.15, 0.2) is 42.0 Å². The molecule has 3 heteroatoms. The van der Waals surface area contributed by atoms with E-state index >= 15 is 0 Å². The maximum absolute atomic E-state index is 9.85. The molecular formula is C17H23NO2. The van der Waals surface area contributed by atoms with Crippen LogP contribution in [-0.4, -0.2) is 36.5 Å². The minimum Gasteiger partial charge on any atom is -0.396 e. The van der Waals surface area contributed by atoms with Gasteiger partial charge in [-0.2, -0.15) is 0 Å². The van der Waals surface area contributed by atoms with Crippen molar-refractivity contribution in [1.29, 1.82) is 0 Å². The van der Waals surface area contributed by atoms with Crippen molar-refractivity contribution in [3.05, 3.63) is 47.5 Å². The van der Waals surface area contributed by atoms with Crippen LogP contribution in [0.4, 0.5) is 0 Å². The predicted octanol–water partition coefficient (Wildman–Crippen LogP) is 1.54. The van der Waals surface area contributed by atoms with Crippen LogP contribution in [-0.2, 0) is 0 Å². The Hall–Kier alpha value is -1.16. The Morgan fingerprint density at radius 3 is 2.50 bits per heavy atom. The molecule has 1 aliphatic heterocycles. The molecule has 1 aliphatic carbocycles. The third kappa shape index (κ3) is 2.41. The molecule has 1 fully saturated rings. The smallest absolute Gasteiger partial charge is 0.0471 e. The number of allylic oxidation sites excluding steroid dienone is 1. The van der Waals surface area contributed by atoms with Crippen LogP contribution in [0.5, 0.6) is 0 Å². The topological polar surface area (TPSA) is 52.5 Å². The fourth-order valence-corrected chi connectivity index (χ4v) is 3.89. The quantitative estimate of drug-likeness (QED) is 0.732. The highest BCUT2D eigenvalue weighted by Gasteiger charge is 2.40. The molecular weight excluding hydrogens is 250 g/mol. The number of nitrogens with one attached hydrogen (secondary N) is 1. The van der Waals surface area contributed by atoms with Crippen molar-refractivity contribution in [1.82, 2.24) is 5.32 Å². The normalized spacial score (nSPS) is 33.4. The molecule has 3 rings (SSSR count). The van der Waals surface area contributed by atoms with E-state index in [4.69, 9.17) is 0 Å². The van der Waals surface area contributed by atoms with Crippen LogP contribution in [0.25, 0.3) is 0 Å². The van der Waals surface area contributed by atoms with Crippen LogP contribution in [0.3, 0.4) is 0 Å². The van der Waals surface area contributed by atoms with Crippen molar-refractivity contribution in [3.8, 4) is 0 Å². The predicted molar refractivity (Wildman–Crippen MR) is 79.4 cm³/mol. The highest BCUT2D eigenvalue weighted by atomic mass is 16.3. The van der Waals surface area contributed by atoms with Gasteiger partial charge >= 0.3 is 0 Å². The average Bonchev–Trinajstić information content (AvgIpc) is 2.53. The van der Waals surface area contributed by atoms with Crippen LogP contribution in [0.1, 0.15) is 17.9 Å². The van der Waals surface area contributed by atoms with Crippen molar-refractivity contribution in [2.75, 3.05) is 26.3 Å². The molecule has 4 unspecified atom stereocenters. The second-order valence-electron chi connectivity index (χ2n) is 5.93. The van der Waals surface area contributed by atoms with E-state index in [1.54, 1.807) is 0 Å². The Balaban J connectivity index is 1.99. The lowest BCUT2D eigenvalue weighted by molar-refractivity contribution is 0.0680.